The van der Waals surface area contributed by atoms with Gasteiger partial charge in [-0.2, -0.15) is 5.26 Å². The molecule has 0 radical (unpaired) electrons. The molecule has 1 aliphatic heterocycles. The highest BCUT2D eigenvalue weighted by molar-refractivity contribution is 5.87. The number of nitriles is 1. The van der Waals surface area contributed by atoms with Crippen LogP contribution in [0.2, 0.25) is 0 Å². The van der Waals surface area contributed by atoms with Crippen molar-refractivity contribution in [1.82, 2.24) is 4.98 Å². The van der Waals surface area contributed by atoms with E-state index in [2.05, 4.69) is 16.0 Å². The van der Waals surface area contributed by atoms with E-state index in [1.165, 1.54) is 0 Å². The molecule has 0 aliphatic carbocycles. The van der Waals surface area contributed by atoms with Gasteiger partial charge in [0.2, 0.25) is 0 Å². The van der Waals surface area contributed by atoms with Crippen LogP contribution in [0.4, 0.5) is 5.82 Å². The summed E-state index contributed by atoms with van der Waals surface area (Å²) in [6, 6.07) is 10.2. The van der Waals surface area contributed by atoms with Crippen molar-refractivity contribution in [1.29, 1.82) is 5.26 Å². The van der Waals surface area contributed by atoms with E-state index in [1.807, 2.05) is 31.2 Å². The number of fused-ring (bicyclic) bond motifs is 1. The van der Waals surface area contributed by atoms with Crippen LogP contribution < -0.4 is 4.90 Å². The summed E-state index contributed by atoms with van der Waals surface area (Å²) in [6.45, 7) is 5.19. The summed E-state index contributed by atoms with van der Waals surface area (Å²) in [5.74, 6) is 0.962. The van der Waals surface area contributed by atoms with Gasteiger partial charge >= 0.3 is 0 Å². The zero-order valence-electron chi connectivity index (χ0n) is 10.9. The SMILES string of the molecule is Cc1ccc2nc(N3CCOCC3)ccc2c1C#N. The van der Waals surface area contributed by atoms with Crippen molar-refractivity contribution in [2.45, 2.75) is 6.92 Å². The lowest BCUT2D eigenvalue weighted by Crippen LogP contribution is -2.36. The number of nitrogens with zero attached hydrogens (tertiary/aromatic N) is 3. The zero-order valence-corrected chi connectivity index (χ0v) is 10.9. The molecule has 0 atom stereocenters. The second-order valence-electron chi connectivity index (χ2n) is 4.70. The van der Waals surface area contributed by atoms with Crippen molar-refractivity contribution in [2.75, 3.05) is 31.2 Å². The number of rotatable bonds is 1. The van der Waals surface area contributed by atoms with E-state index in [9.17, 15) is 5.26 Å². The van der Waals surface area contributed by atoms with Gasteiger partial charge in [0.15, 0.2) is 0 Å². The van der Waals surface area contributed by atoms with Crippen LogP contribution in [0.3, 0.4) is 0 Å². The fourth-order valence-electron chi connectivity index (χ4n) is 2.42. The van der Waals surface area contributed by atoms with Gasteiger partial charge in [0, 0.05) is 18.5 Å². The molecular formula is C15H15N3O. The van der Waals surface area contributed by atoms with Gasteiger partial charge in [-0.25, -0.2) is 4.98 Å². The highest BCUT2D eigenvalue weighted by Crippen LogP contribution is 2.23. The van der Waals surface area contributed by atoms with Gasteiger partial charge < -0.3 is 9.64 Å². The van der Waals surface area contributed by atoms with Crippen LogP contribution in [0, 0.1) is 18.3 Å². The van der Waals surface area contributed by atoms with Crippen molar-refractivity contribution in [3.05, 3.63) is 35.4 Å². The van der Waals surface area contributed by atoms with Crippen LogP contribution >= 0.6 is 0 Å². The molecule has 1 aromatic carbocycles. The number of benzene rings is 1. The maximum atomic E-state index is 9.23. The van der Waals surface area contributed by atoms with Crippen molar-refractivity contribution >= 4 is 16.7 Å². The van der Waals surface area contributed by atoms with Crippen molar-refractivity contribution in [2.24, 2.45) is 0 Å². The average Bonchev–Trinajstić information content (AvgIpc) is 2.47. The van der Waals surface area contributed by atoms with Crippen LogP contribution in [0.5, 0.6) is 0 Å². The molecule has 1 saturated heterocycles. The molecule has 2 heterocycles. The van der Waals surface area contributed by atoms with E-state index in [4.69, 9.17) is 4.74 Å². The summed E-state index contributed by atoms with van der Waals surface area (Å²) in [6.07, 6.45) is 0. The minimum Gasteiger partial charge on any atom is -0.378 e. The molecule has 0 amide bonds. The number of hydrogen-bond acceptors (Lipinski definition) is 4. The first-order valence-electron chi connectivity index (χ1n) is 6.43. The van der Waals surface area contributed by atoms with E-state index in [0.29, 0.717) is 0 Å². The second-order valence-corrected chi connectivity index (χ2v) is 4.70. The molecule has 19 heavy (non-hydrogen) atoms. The first-order valence-corrected chi connectivity index (χ1v) is 6.43. The number of aromatic nitrogens is 1. The summed E-state index contributed by atoms with van der Waals surface area (Å²) >= 11 is 0. The smallest absolute Gasteiger partial charge is 0.129 e. The molecule has 3 rings (SSSR count). The highest BCUT2D eigenvalue weighted by atomic mass is 16.5. The van der Waals surface area contributed by atoms with E-state index in [-0.39, 0.29) is 0 Å². The van der Waals surface area contributed by atoms with Gasteiger partial charge in [-0.3, -0.25) is 0 Å². The standard InChI is InChI=1S/C15H15N3O/c1-11-2-4-14-12(13(11)10-16)3-5-15(17-14)18-6-8-19-9-7-18/h2-5H,6-9H2,1H3. The van der Waals surface area contributed by atoms with Crippen LogP contribution in [0.25, 0.3) is 10.9 Å². The lowest BCUT2D eigenvalue weighted by atomic mass is 10.0. The van der Waals surface area contributed by atoms with Crippen LogP contribution in [-0.4, -0.2) is 31.3 Å². The van der Waals surface area contributed by atoms with Crippen LogP contribution in [0.1, 0.15) is 11.1 Å². The lowest BCUT2D eigenvalue weighted by Gasteiger charge is -2.28. The number of ether oxygens (including phenoxy) is 1. The number of aryl methyl sites for hydroxylation is 1. The van der Waals surface area contributed by atoms with Gasteiger partial charge in [-0.15, -0.1) is 0 Å². The molecule has 4 heteroatoms. The van der Waals surface area contributed by atoms with Crippen molar-refractivity contribution in [3.8, 4) is 6.07 Å². The Kier molecular flexibility index (Phi) is 3.06. The van der Waals surface area contributed by atoms with Gasteiger partial charge in [0.05, 0.1) is 24.3 Å². The molecule has 0 spiro atoms. The number of anilines is 1. The molecule has 1 fully saturated rings. The van der Waals surface area contributed by atoms with Crippen LogP contribution in [0.15, 0.2) is 24.3 Å². The monoisotopic (exact) mass is 253 g/mol. The number of hydrogen-bond donors (Lipinski definition) is 0. The molecule has 1 aromatic heterocycles. The average molecular weight is 253 g/mol. The van der Waals surface area contributed by atoms with Crippen LogP contribution in [-0.2, 0) is 4.74 Å². The third-order valence-corrected chi connectivity index (χ3v) is 3.51. The Bertz CT molecular complexity index is 654. The largest absolute Gasteiger partial charge is 0.378 e. The minimum atomic E-state index is 0.721. The third kappa shape index (κ3) is 2.13. The second kappa shape index (κ2) is 4.87. The third-order valence-electron chi connectivity index (χ3n) is 3.51. The quantitative estimate of drug-likeness (QED) is 0.782. The van der Waals surface area contributed by atoms with E-state index in [1.54, 1.807) is 0 Å². The summed E-state index contributed by atoms with van der Waals surface area (Å²) in [5, 5.41) is 10.2. The highest BCUT2D eigenvalue weighted by Gasteiger charge is 2.13. The van der Waals surface area contributed by atoms with Crippen molar-refractivity contribution in [3.63, 3.8) is 0 Å². The Morgan fingerprint density at radius 1 is 1.21 bits per heavy atom. The molecule has 4 nitrogen and oxygen atoms in total. The van der Waals surface area contributed by atoms with Gasteiger partial charge in [0.25, 0.3) is 0 Å². The summed E-state index contributed by atoms with van der Waals surface area (Å²) in [5.41, 5.74) is 2.60. The van der Waals surface area contributed by atoms with Gasteiger partial charge in [-0.05, 0) is 30.7 Å². The fraction of sp³-hybridized carbons (Fsp3) is 0.333. The molecular weight excluding hydrogens is 238 g/mol. The molecule has 0 N–H and O–H groups in total. The molecule has 0 bridgehead atoms. The maximum absolute atomic E-state index is 9.23. The fourth-order valence-corrected chi connectivity index (χ4v) is 2.42. The Balaban J connectivity index is 2.07. The Labute approximate surface area is 112 Å². The number of pyridine rings is 1. The Morgan fingerprint density at radius 3 is 2.74 bits per heavy atom. The minimum absolute atomic E-state index is 0.721. The van der Waals surface area contributed by atoms with Crippen molar-refractivity contribution < 1.29 is 4.74 Å². The zero-order chi connectivity index (χ0) is 13.2. The topological polar surface area (TPSA) is 49.2 Å². The van der Waals surface area contributed by atoms with E-state index in [0.717, 1.165) is 54.2 Å². The molecule has 0 saturated carbocycles. The summed E-state index contributed by atoms with van der Waals surface area (Å²) in [7, 11) is 0. The molecule has 0 unspecified atom stereocenters. The molecule has 96 valence electrons. The van der Waals surface area contributed by atoms with Gasteiger partial charge in [0.1, 0.15) is 11.9 Å². The summed E-state index contributed by atoms with van der Waals surface area (Å²) in [4.78, 5) is 6.88. The number of morpholine rings is 1. The normalized spacial score (nSPS) is 15.5. The first kappa shape index (κ1) is 11.9. The maximum Gasteiger partial charge on any atom is 0.129 e. The van der Waals surface area contributed by atoms with E-state index < -0.39 is 0 Å². The molecule has 1 aliphatic rings. The molecule has 2 aromatic rings. The lowest BCUT2D eigenvalue weighted by molar-refractivity contribution is 0.122. The summed E-state index contributed by atoms with van der Waals surface area (Å²) < 4.78 is 5.35. The predicted octanol–water partition coefficient (Wildman–Crippen LogP) is 2.25. The Hall–Kier alpha value is -2.12. The van der Waals surface area contributed by atoms with E-state index >= 15 is 0 Å². The first-order chi connectivity index (χ1) is 9.29. The predicted molar refractivity (Wildman–Crippen MR) is 74.2 cm³/mol. The van der Waals surface area contributed by atoms with Gasteiger partial charge in [-0.1, -0.05) is 6.07 Å². The Morgan fingerprint density at radius 2 is 2.00 bits per heavy atom.